The van der Waals surface area contributed by atoms with Crippen molar-refractivity contribution in [1.29, 1.82) is 0 Å². The van der Waals surface area contributed by atoms with Crippen molar-refractivity contribution >= 4 is 23.8 Å². The molecule has 0 unspecified atom stereocenters. The number of carbonyl (C=O) groups is 4. The van der Waals surface area contributed by atoms with Crippen molar-refractivity contribution in [1.82, 2.24) is 25.5 Å². The molecule has 1 aromatic heterocycles. The zero-order chi connectivity index (χ0) is 25.4. The molecule has 2 aliphatic heterocycles. The van der Waals surface area contributed by atoms with Gasteiger partial charge in [0.2, 0.25) is 0 Å². The highest BCUT2D eigenvalue weighted by molar-refractivity contribution is 6.08. The van der Waals surface area contributed by atoms with Gasteiger partial charge in [0.15, 0.2) is 11.2 Å². The zero-order valence-electron chi connectivity index (χ0n) is 19.4. The predicted molar refractivity (Wildman–Crippen MR) is 125 cm³/mol. The van der Waals surface area contributed by atoms with Gasteiger partial charge < -0.3 is 19.7 Å². The van der Waals surface area contributed by atoms with Gasteiger partial charge in [0.25, 0.3) is 11.8 Å². The molecule has 11 nitrogen and oxygen atoms in total. The van der Waals surface area contributed by atoms with E-state index in [1.807, 2.05) is 6.07 Å². The van der Waals surface area contributed by atoms with E-state index in [-0.39, 0.29) is 18.1 Å². The number of nitrogens with one attached hydrogen (secondary N) is 2. The van der Waals surface area contributed by atoms with Gasteiger partial charge in [0, 0.05) is 17.7 Å². The molecule has 0 aliphatic carbocycles. The minimum atomic E-state index is -1.47. The monoisotopic (exact) mass is 487 g/mol. The van der Waals surface area contributed by atoms with Crippen molar-refractivity contribution in [3.63, 3.8) is 0 Å². The third-order valence-corrected chi connectivity index (χ3v) is 6.29. The number of aromatic nitrogens is 2. The molecule has 182 valence electrons. The maximum atomic E-state index is 13.1. The Morgan fingerprint density at radius 1 is 1.06 bits per heavy atom. The van der Waals surface area contributed by atoms with E-state index < -0.39 is 23.4 Å². The molecule has 3 heterocycles. The fourth-order valence-electron chi connectivity index (χ4n) is 4.39. The van der Waals surface area contributed by atoms with Gasteiger partial charge in [-0.3, -0.25) is 19.9 Å². The van der Waals surface area contributed by atoms with Gasteiger partial charge in [-0.25, -0.2) is 14.6 Å². The Kier molecular flexibility index (Phi) is 5.59. The van der Waals surface area contributed by atoms with Gasteiger partial charge in [0.1, 0.15) is 5.75 Å². The van der Waals surface area contributed by atoms with E-state index in [0.29, 0.717) is 34.7 Å². The lowest BCUT2D eigenvalue weighted by atomic mass is 9.88. The third kappa shape index (κ3) is 3.80. The second-order valence-electron chi connectivity index (χ2n) is 8.35. The second-order valence-corrected chi connectivity index (χ2v) is 8.35. The van der Waals surface area contributed by atoms with Crippen molar-refractivity contribution in [3.8, 4) is 17.0 Å². The Bertz CT molecular complexity index is 1390. The van der Waals surface area contributed by atoms with Gasteiger partial charge in [-0.1, -0.05) is 30.3 Å². The summed E-state index contributed by atoms with van der Waals surface area (Å²) in [5, 5.41) is 5.01. The average Bonchev–Trinajstić information content (AvgIpc) is 3.37. The Hall–Kier alpha value is -4.80. The van der Waals surface area contributed by atoms with Crippen LogP contribution in [0.4, 0.5) is 4.79 Å². The van der Waals surface area contributed by atoms with Crippen LogP contribution in [0.5, 0.6) is 5.75 Å². The van der Waals surface area contributed by atoms with Crippen LogP contribution in [0.15, 0.2) is 54.9 Å². The summed E-state index contributed by atoms with van der Waals surface area (Å²) in [5.74, 6) is -0.839. The fourth-order valence-corrected chi connectivity index (χ4v) is 4.39. The molecule has 1 fully saturated rings. The molecule has 2 aromatic carbocycles. The molecule has 0 bridgehead atoms. The zero-order valence-corrected chi connectivity index (χ0v) is 19.4. The van der Waals surface area contributed by atoms with Crippen LogP contribution in [0, 0.1) is 0 Å². The smallest absolute Gasteiger partial charge is 0.358 e. The lowest BCUT2D eigenvalue weighted by Gasteiger charge is -2.31. The summed E-state index contributed by atoms with van der Waals surface area (Å²) in [7, 11) is 2.78. The minimum Gasteiger partial charge on any atom is -0.497 e. The van der Waals surface area contributed by atoms with E-state index in [1.165, 1.54) is 31.5 Å². The van der Waals surface area contributed by atoms with Gasteiger partial charge in [0.05, 0.1) is 38.9 Å². The van der Waals surface area contributed by atoms with Crippen LogP contribution in [0.25, 0.3) is 11.3 Å². The number of amides is 4. The number of rotatable bonds is 6. The summed E-state index contributed by atoms with van der Waals surface area (Å²) in [6, 6.07) is 11.4. The first kappa shape index (κ1) is 23.0. The van der Waals surface area contributed by atoms with Crippen molar-refractivity contribution < 1.29 is 28.7 Å². The molecule has 1 saturated heterocycles. The molecule has 5 rings (SSSR count). The summed E-state index contributed by atoms with van der Waals surface area (Å²) in [4.78, 5) is 59.8. The highest BCUT2D eigenvalue weighted by Gasteiger charge is 2.50. The first-order valence-corrected chi connectivity index (χ1v) is 11.0. The van der Waals surface area contributed by atoms with Gasteiger partial charge in [-0.15, -0.1) is 0 Å². The highest BCUT2D eigenvalue weighted by atomic mass is 16.5. The molecule has 11 heteroatoms. The van der Waals surface area contributed by atoms with E-state index in [4.69, 9.17) is 4.74 Å². The van der Waals surface area contributed by atoms with Gasteiger partial charge in [-0.05, 0) is 23.3 Å². The Morgan fingerprint density at radius 2 is 1.83 bits per heavy atom. The molecular formula is C25H21N5O6. The number of imide groups is 1. The average molecular weight is 487 g/mol. The number of benzene rings is 2. The number of nitrogens with zero attached hydrogens (tertiary/aromatic N) is 3. The highest BCUT2D eigenvalue weighted by Crippen LogP contribution is 2.33. The molecule has 1 atom stereocenters. The van der Waals surface area contributed by atoms with Crippen molar-refractivity contribution in [3.05, 3.63) is 77.2 Å². The SMILES string of the molecule is COC(=O)c1cnc(-c2ccc([C@]3(CN4Cc5ccc(OC)cc5C4=O)NC(=O)NC3=O)cc2)cn1. The molecule has 4 amide bonds. The quantitative estimate of drug-likeness (QED) is 0.395. The second kappa shape index (κ2) is 8.77. The summed E-state index contributed by atoms with van der Waals surface area (Å²) in [6.45, 7) is 0.233. The van der Waals surface area contributed by atoms with Crippen LogP contribution in [-0.4, -0.2) is 59.4 Å². The summed E-state index contributed by atoms with van der Waals surface area (Å²) in [5.41, 5.74) is 1.59. The van der Waals surface area contributed by atoms with Crippen LogP contribution >= 0.6 is 0 Å². The first-order chi connectivity index (χ1) is 17.3. The summed E-state index contributed by atoms with van der Waals surface area (Å²) in [6.07, 6.45) is 2.75. The Morgan fingerprint density at radius 3 is 2.44 bits per heavy atom. The fraction of sp³-hybridized carbons (Fsp3) is 0.200. The number of carbonyl (C=O) groups excluding carboxylic acids is 4. The molecule has 36 heavy (non-hydrogen) atoms. The molecule has 0 saturated carbocycles. The van der Waals surface area contributed by atoms with Gasteiger partial charge >= 0.3 is 12.0 Å². The Labute approximate surface area is 205 Å². The van der Waals surface area contributed by atoms with Gasteiger partial charge in [-0.2, -0.15) is 0 Å². The first-order valence-electron chi connectivity index (χ1n) is 11.0. The third-order valence-electron chi connectivity index (χ3n) is 6.29. The van der Waals surface area contributed by atoms with Crippen LogP contribution in [0.2, 0.25) is 0 Å². The molecule has 0 spiro atoms. The molecule has 3 aromatic rings. The van der Waals surface area contributed by atoms with E-state index >= 15 is 0 Å². The number of ether oxygens (including phenoxy) is 2. The van der Waals surface area contributed by atoms with E-state index in [2.05, 4.69) is 25.3 Å². The maximum Gasteiger partial charge on any atom is 0.358 e. The van der Waals surface area contributed by atoms with Crippen LogP contribution in [0.3, 0.4) is 0 Å². The lowest BCUT2D eigenvalue weighted by molar-refractivity contribution is -0.124. The van der Waals surface area contributed by atoms with Crippen LogP contribution < -0.4 is 15.4 Å². The summed E-state index contributed by atoms with van der Waals surface area (Å²) < 4.78 is 9.85. The number of methoxy groups -OCH3 is 2. The van der Waals surface area contributed by atoms with E-state index in [9.17, 15) is 19.2 Å². The van der Waals surface area contributed by atoms with Crippen molar-refractivity contribution in [2.24, 2.45) is 0 Å². The van der Waals surface area contributed by atoms with Crippen molar-refractivity contribution in [2.45, 2.75) is 12.1 Å². The molecular weight excluding hydrogens is 466 g/mol. The van der Waals surface area contributed by atoms with Crippen molar-refractivity contribution in [2.75, 3.05) is 20.8 Å². The van der Waals surface area contributed by atoms with Crippen LogP contribution in [0.1, 0.15) is 32.0 Å². The molecule has 2 N–H and O–H groups in total. The number of hydrogen-bond acceptors (Lipinski definition) is 8. The standard InChI is InChI=1S/C25H21N5O6/c1-35-17-8-5-15-12-30(21(31)18(15)9-17)13-25(23(33)28-24(34)29-25)16-6-3-14(4-7-16)19-10-27-20(11-26-19)22(32)36-2/h3-11H,12-13H2,1-2H3,(H2,28,29,33,34)/t25-/m0/s1. The Balaban J connectivity index is 1.44. The van der Waals surface area contributed by atoms with Crippen LogP contribution in [-0.2, 0) is 21.6 Å². The molecule has 0 radical (unpaired) electrons. The largest absolute Gasteiger partial charge is 0.497 e. The topological polar surface area (TPSA) is 140 Å². The number of fused-ring (bicyclic) bond motifs is 1. The summed E-state index contributed by atoms with van der Waals surface area (Å²) >= 11 is 0. The number of esters is 1. The maximum absolute atomic E-state index is 13.1. The van der Waals surface area contributed by atoms with E-state index in [0.717, 1.165) is 5.56 Å². The minimum absolute atomic E-state index is 0.0621. The normalized spacial score (nSPS) is 18.5. The lowest BCUT2D eigenvalue weighted by Crippen LogP contribution is -2.52. The molecule has 2 aliphatic rings. The number of urea groups is 1. The number of hydrogen-bond donors (Lipinski definition) is 2. The predicted octanol–water partition coefficient (Wildman–Crippen LogP) is 1.63. The van der Waals surface area contributed by atoms with E-state index in [1.54, 1.807) is 36.4 Å².